The first-order valence-electron chi connectivity index (χ1n) is 6.21. The van der Waals surface area contributed by atoms with Crippen molar-refractivity contribution in [1.82, 2.24) is 10.2 Å². The molecule has 1 aliphatic heterocycles. The van der Waals surface area contributed by atoms with Crippen LogP contribution in [0.15, 0.2) is 24.3 Å². The van der Waals surface area contributed by atoms with Crippen LogP contribution in [0.2, 0.25) is 0 Å². The van der Waals surface area contributed by atoms with Crippen molar-refractivity contribution < 1.29 is 9.90 Å². The molecule has 0 atom stereocenters. The van der Waals surface area contributed by atoms with Crippen LogP contribution < -0.4 is 11.1 Å². The molecule has 98 valence electrons. The van der Waals surface area contributed by atoms with E-state index in [1.54, 1.807) is 17.0 Å². The quantitative estimate of drug-likeness (QED) is 0.748. The average Bonchev–Trinajstić information content (AvgIpc) is 2.38. The predicted molar refractivity (Wildman–Crippen MR) is 69.1 cm³/mol. The lowest BCUT2D eigenvalue weighted by molar-refractivity contribution is 0.185. The molecule has 1 saturated heterocycles. The number of carbonyl (C=O) groups excluding carboxylic acids is 1. The maximum absolute atomic E-state index is 11.0. The van der Waals surface area contributed by atoms with E-state index in [1.165, 1.54) is 0 Å². The number of benzene rings is 1. The van der Waals surface area contributed by atoms with Gasteiger partial charge in [-0.25, -0.2) is 4.79 Å². The van der Waals surface area contributed by atoms with Crippen LogP contribution in [-0.4, -0.2) is 35.2 Å². The summed E-state index contributed by atoms with van der Waals surface area (Å²) in [5, 5.41) is 12.6. The number of nitrogens with two attached hydrogens (primary N) is 1. The fourth-order valence-electron chi connectivity index (χ4n) is 2.18. The second-order valence-corrected chi connectivity index (χ2v) is 4.65. The number of nitrogens with zero attached hydrogens (tertiary/aromatic N) is 1. The second kappa shape index (κ2) is 5.73. The van der Waals surface area contributed by atoms with E-state index in [4.69, 9.17) is 5.73 Å². The van der Waals surface area contributed by atoms with Crippen LogP contribution in [0.4, 0.5) is 4.79 Å². The Hall–Kier alpha value is -1.75. The molecule has 1 fully saturated rings. The van der Waals surface area contributed by atoms with E-state index in [-0.39, 0.29) is 11.8 Å². The number of hydrogen-bond donors (Lipinski definition) is 3. The Balaban J connectivity index is 1.75. The molecular formula is C13H19N3O2. The van der Waals surface area contributed by atoms with Crippen molar-refractivity contribution in [2.75, 3.05) is 13.1 Å². The molecule has 0 radical (unpaired) electrons. The number of nitrogens with one attached hydrogen (secondary N) is 1. The summed E-state index contributed by atoms with van der Waals surface area (Å²) in [6.07, 6.45) is 1.86. The third-order valence-electron chi connectivity index (χ3n) is 3.34. The van der Waals surface area contributed by atoms with Gasteiger partial charge in [0.05, 0.1) is 0 Å². The molecule has 5 heteroatoms. The first-order chi connectivity index (χ1) is 8.65. The van der Waals surface area contributed by atoms with Gasteiger partial charge in [0.2, 0.25) is 0 Å². The summed E-state index contributed by atoms with van der Waals surface area (Å²) in [5.41, 5.74) is 6.38. The number of likely N-dealkylation sites (tertiary alicyclic amines) is 1. The average molecular weight is 249 g/mol. The highest BCUT2D eigenvalue weighted by atomic mass is 16.3. The van der Waals surface area contributed by atoms with Gasteiger partial charge in [0.25, 0.3) is 0 Å². The Bertz CT molecular complexity index is 397. The van der Waals surface area contributed by atoms with Crippen molar-refractivity contribution in [3.63, 3.8) is 0 Å². The van der Waals surface area contributed by atoms with Gasteiger partial charge in [-0.15, -0.1) is 0 Å². The molecule has 1 heterocycles. The molecule has 0 aromatic heterocycles. The van der Waals surface area contributed by atoms with Crippen LogP contribution in [0.1, 0.15) is 18.4 Å². The minimum absolute atomic E-state index is 0.286. The number of urea groups is 1. The lowest BCUT2D eigenvalue weighted by atomic mass is 10.0. The zero-order chi connectivity index (χ0) is 13.0. The highest BCUT2D eigenvalue weighted by Crippen LogP contribution is 2.12. The SMILES string of the molecule is NC(=O)N1CCC(NCc2ccc(O)cc2)CC1. The van der Waals surface area contributed by atoms with Crippen molar-refractivity contribution in [3.05, 3.63) is 29.8 Å². The number of primary amides is 1. The fraction of sp³-hybridized carbons (Fsp3) is 0.462. The van der Waals surface area contributed by atoms with E-state index in [0.29, 0.717) is 6.04 Å². The van der Waals surface area contributed by atoms with E-state index >= 15 is 0 Å². The van der Waals surface area contributed by atoms with Gasteiger partial charge in [0.15, 0.2) is 0 Å². The summed E-state index contributed by atoms with van der Waals surface area (Å²) in [6, 6.07) is 7.28. The summed E-state index contributed by atoms with van der Waals surface area (Å²) in [5.74, 6) is 0.286. The lowest BCUT2D eigenvalue weighted by Gasteiger charge is -2.31. The van der Waals surface area contributed by atoms with E-state index in [9.17, 15) is 9.90 Å². The van der Waals surface area contributed by atoms with Crippen LogP contribution in [0.25, 0.3) is 0 Å². The molecule has 0 unspecified atom stereocenters. The van der Waals surface area contributed by atoms with Crippen molar-refractivity contribution in [3.8, 4) is 5.75 Å². The summed E-state index contributed by atoms with van der Waals surface area (Å²) >= 11 is 0. The highest BCUT2D eigenvalue weighted by molar-refractivity contribution is 5.72. The maximum atomic E-state index is 11.0. The van der Waals surface area contributed by atoms with Gasteiger partial charge < -0.3 is 21.1 Å². The number of piperidine rings is 1. The Morgan fingerprint density at radius 1 is 1.33 bits per heavy atom. The summed E-state index contributed by atoms with van der Waals surface area (Å²) < 4.78 is 0. The fourth-order valence-corrected chi connectivity index (χ4v) is 2.18. The molecule has 0 spiro atoms. The molecule has 1 aromatic rings. The lowest BCUT2D eigenvalue weighted by Crippen LogP contribution is -2.46. The molecule has 1 aromatic carbocycles. The number of aromatic hydroxyl groups is 1. The van der Waals surface area contributed by atoms with E-state index < -0.39 is 0 Å². The highest BCUT2D eigenvalue weighted by Gasteiger charge is 2.20. The summed E-state index contributed by atoms with van der Waals surface area (Å²) in [7, 11) is 0. The van der Waals surface area contributed by atoms with Crippen LogP contribution in [0, 0.1) is 0 Å². The number of amides is 2. The normalized spacial score (nSPS) is 16.8. The molecule has 2 amide bonds. The molecule has 1 aliphatic rings. The molecule has 4 N–H and O–H groups in total. The summed E-state index contributed by atoms with van der Waals surface area (Å²) in [4.78, 5) is 12.7. The Kier molecular flexibility index (Phi) is 4.04. The predicted octanol–water partition coefficient (Wildman–Crippen LogP) is 1.02. The maximum Gasteiger partial charge on any atom is 0.314 e. The second-order valence-electron chi connectivity index (χ2n) is 4.65. The number of hydrogen-bond acceptors (Lipinski definition) is 3. The molecular weight excluding hydrogens is 230 g/mol. The molecule has 0 saturated carbocycles. The first kappa shape index (κ1) is 12.7. The standard InChI is InChI=1S/C13H19N3O2/c14-13(18)16-7-5-11(6-8-16)15-9-10-1-3-12(17)4-2-10/h1-4,11,15,17H,5-9H2,(H2,14,18). The number of phenolic OH excluding ortho intramolecular Hbond substituents is 1. The van der Waals surface area contributed by atoms with Gasteiger partial charge in [-0.2, -0.15) is 0 Å². The molecule has 18 heavy (non-hydrogen) atoms. The van der Waals surface area contributed by atoms with Crippen LogP contribution in [0.3, 0.4) is 0 Å². The van der Waals surface area contributed by atoms with E-state index in [2.05, 4.69) is 5.32 Å². The van der Waals surface area contributed by atoms with Gasteiger partial charge >= 0.3 is 6.03 Å². The van der Waals surface area contributed by atoms with Crippen molar-refractivity contribution in [2.45, 2.75) is 25.4 Å². The Morgan fingerprint density at radius 3 is 2.50 bits per heavy atom. The van der Waals surface area contributed by atoms with E-state index in [0.717, 1.165) is 38.0 Å². The van der Waals surface area contributed by atoms with Crippen LogP contribution in [-0.2, 0) is 6.54 Å². The van der Waals surface area contributed by atoms with Crippen molar-refractivity contribution in [2.24, 2.45) is 5.73 Å². The molecule has 2 rings (SSSR count). The Morgan fingerprint density at radius 2 is 1.94 bits per heavy atom. The monoisotopic (exact) mass is 249 g/mol. The molecule has 5 nitrogen and oxygen atoms in total. The Labute approximate surface area is 107 Å². The largest absolute Gasteiger partial charge is 0.508 e. The van der Waals surface area contributed by atoms with Crippen molar-refractivity contribution in [1.29, 1.82) is 0 Å². The van der Waals surface area contributed by atoms with Crippen LogP contribution >= 0.6 is 0 Å². The zero-order valence-electron chi connectivity index (χ0n) is 10.3. The minimum Gasteiger partial charge on any atom is -0.508 e. The number of rotatable bonds is 3. The number of carbonyl (C=O) groups is 1. The topological polar surface area (TPSA) is 78.6 Å². The third kappa shape index (κ3) is 3.37. The van der Waals surface area contributed by atoms with Gasteiger partial charge in [0.1, 0.15) is 5.75 Å². The van der Waals surface area contributed by atoms with Crippen molar-refractivity contribution >= 4 is 6.03 Å². The molecule has 0 aliphatic carbocycles. The van der Waals surface area contributed by atoms with Crippen LogP contribution in [0.5, 0.6) is 5.75 Å². The third-order valence-corrected chi connectivity index (χ3v) is 3.34. The summed E-state index contributed by atoms with van der Waals surface area (Å²) in [6.45, 7) is 2.23. The minimum atomic E-state index is -0.327. The van der Waals surface area contributed by atoms with Gasteiger partial charge in [-0.1, -0.05) is 12.1 Å². The van der Waals surface area contributed by atoms with E-state index in [1.807, 2.05) is 12.1 Å². The van der Waals surface area contributed by atoms with Gasteiger partial charge in [0, 0.05) is 25.7 Å². The number of phenols is 1. The zero-order valence-corrected chi connectivity index (χ0v) is 10.3. The van der Waals surface area contributed by atoms with Gasteiger partial charge in [-0.05, 0) is 30.5 Å². The van der Waals surface area contributed by atoms with Gasteiger partial charge in [-0.3, -0.25) is 0 Å². The molecule has 0 bridgehead atoms. The first-order valence-corrected chi connectivity index (χ1v) is 6.21. The smallest absolute Gasteiger partial charge is 0.314 e.